The Bertz CT molecular complexity index is 1000. The Labute approximate surface area is 162 Å². The van der Waals surface area contributed by atoms with Gasteiger partial charge in [-0.2, -0.15) is 0 Å². The minimum absolute atomic E-state index is 0.241. The lowest BCUT2D eigenvalue weighted by molar-refractivity contribution is -0.126. The maximum Gasteiger partial charge on any atom is 0.251 e. The first-order chi connectivity index (χ1) is 13.5. The van der Waals surface area contributed by atoms with Gasteiger partial charge in [0.1, 0.15) is 6.04 Å². The second kappa shape index (κ2) is 8.81. The van der Waals surface area contributed by atoms with Crippen molar-refractivity contribution in [2.45, 2.75) is 12.5 Å². The van der Waals surface area contributed by atoms with Gasteiger partial charge < -0.3 is 16.4 Å². The first-order valence-electron chi connectivity index (χ1n) is 8.92. The number of carbonyl (C=O) groups is 3. The van der Waals surface area contributed by atoms with Crippen molar-refractivity contribution in [1.82, 2.24) is 10.6 Å². The molecule has 0 fully saturated rings. The Morgan fingerprint density at radius 3 is 2.25 bits per heavy atom. The third-order valence-electron chi connectivity index (χ3n) is 4.38. The standard InChI is InChI=1S/C22H21N3O3/c23-21(27)19(13-15-10-11-16-6-4-5-9-18(16)12-15)25-20(26)14-24-22(28)17-7-2-1-3-8-17/h1-12,19H,13-14H2,(H2,23,27)(H,24,28)(H,25,26)/t19-/m0/s1. The van der Waals surface area contributed by atoms with Gasteiger partial charge in [-0.15, -0.1) is 0 Å². The van der Waals surface area contributed by atoms with Crippen LogP contribution in [-0.2, 0) is 16.0 Å². The van der Waals surface area contributed by atoms with E-state index in [0.29, 0.717) is 5.56 Å². The molecule has 0 aliphatic carbocycles. The van der Waals surface area contributed by atoms with Gasteiger partial charge in [-0.05, 0) is 28.5 Å². The number of benzene rings is 3. The number of amides is 3. The molecule has 3 aromatic rings. The molecule has 0 saturated heterocycles. The first kappa shape index (κ1) is 19.1. The molecule has 1 atom stereocenters. The Hall–Kier alpha value is -3.67. The summed E-state index contributed by atoms with van der Waals surface area (Å²) in [6.45, 7) is -0.241. The van der Waals surface area contributed by atoms with Crippen LogP contribution in [0.15, 0.2) is 72.8 Å². The molecule has 3 aromatic carbocycles. The molecule has 0 spiro atoms. The van der Waals surface area contributed by atoms with E-state index in [4.69, 9.17) is 5.73 Å². The molecule has 6 heteroatoms. The van der Waals surface area contributed by atoms with E-state index in [0.717, 1.165) is 16.3 Å². The van der Waals surface area contributed by atoms with Crippen LogP contribution in [0.3, 0.4) is 0 Å². The van der Waals surface area contributed by atoms with Crippen molar-refractivity contribution in [2.24, 2.45) is 5.73 Å². The molecule has 3 amide bonds. The van der Waals surface area contributed by atoms with Crippen LogP contribution in [0.25, 0.3) is 10.8 Å². The highest BCUT2D eigenvalue weighted by molar-refractivity contribution is 5.97. The van der Waals surface area contributed by atoms with Crippen LogP contribution in [0.5, 0.6) is 0 Å². The Kier molecular flexibility index (Phi) is 6.01. The summed E-state index contributed by atoms with van der Waals surface area (Å²) in [4.78, 5) is 35.9. The fourth-order valence-electron chi connectivity index (χ4n) is 2.92. The van der Waals surface area contributed by atoms with E-state index in [9.17, 15) is 14.4 Å². The second-order valence-electron chi connectivity index (χ2n) is 6.46. The summed E-state index contributed by atoms with van der Waals surface area (Å²) >= 11 is 0. The van der Waals surface area contributed by atoms with Crippen LogP contribution in [-0.4, -0.2) is 30.3 Å². The van der Waals surface area contributed by atoms with Crippen molar-refractivity contribution in [1.29, 1.82) is 0 Å². The molecule has 142 valence electrons. The summed E-state index contributed by atoms with van der Waals surface area (Å²) in [6, 6.07) is 21.4. The van der Waals surface area contributed by atoms with Crippen LogP contribution in [0.1, 0.15) is 15.9 Å². The molecule has 0 aliphatic rings. The summed E-state index contributed by atoms with van der Waals surface area (Å²) in [5, 5.41) is 7.26. The van der Waals surface area contributed by atoms with Gasteiger partial charge in [-0.3, -0.25) is 14.4 Å². The number of fused-ring (bicyclic) bond motifs is 1. The molecule has 0 aromatic heterocycles. The average molecular weight is 375 g/mol. The molecule has 0 saturated carbocycles. The number of nitrogens with one attached hydrogen (secondary N) is 2. The van der Waals surface area contributed by atoms with Crippen LogP contribution >= 0.6 is 0 Å². The molecule has 0 bridgehead atoms. The highest BCUT2D eigenvalue weighted by atomic mass is 16.2. The van der Waals surface area contributed by atoms with E-state index in [-0.39, 0.29) is 18.9 Å². The molecule has 6 nitrogen and oxygen atoms in total. The van der Waals surface area contributed by atoms with Gasteiger partial charge in [0.25, 0.3) is 5.91 Å². The van der Waals surface area contributed by atoms with E-state index < -0.39 is 17.9 Å². The van der Waals surface area contributed by atoms with E-state index in [2.05, 4.69) is 10.6 Å². The number of carbonyl (C=O) groups excluding carboxylic acids is 3. The van der Waals surface area contributed by atoms with Gasteiger partial charge in [0.05, 0.1) is 6.54 Å². The number of hydrogen-bond donors (Lipinski definition) is 3. The fourth-order valence-corrected chi connectivity index (χ4v) is 2.92. The predicted octanol–water partition coefficient (Wildman–Crippen LogP) is 1.78. The summed E-state index contributed by atoms with van der Waals surface area (Å²) < 4.78 is 0. The van der Waals surface area contributed by atoms with Crippen molar-refractivity contribution >= 4 is 28.5 Å². The number of nitrogens with two attached hydrogens (primary N) is 1. The topological polar surface area (TPSA) is 101 Å². The summed E-state index contributed by atoms with van der Waals surface area (Å²) in [5.74, 6) is -1.47. The monoisotopic (exact) mass is 375 g/mol. The largest absolute Gasteiger partial charge is 0.368 e. The molecule has 3 rings (SSSR count). The van der Waals surface area contributed by atoms with E-state index >= 15 is 0 Å². The highest BCUT2D eigenvalue weighted by Gasteiger charge is 2.19. The number of primary amides is 1. The zero-order valence-corrected chi connectivity index (χ0v) is 15.2. The van der Waals surface area contributed by atoms with Gasteiger partial charge in [-0.1, -0.05) is 60.7 Å². The first-order valence-corrected chi connectivity index (χ1v) is 8.92. The SMILES string of the molecule is NC(=O)[C@H](Cc1ccc2ccccc2c1)NC(=O)CNC(=O)c1ccccc1. The lowest BCUT2D eigenvalue weighted by Gasteiger charge is -2.16. The van der Waals surface area contributed by atoms with Crippen molar-refractivity contribution in [2.75, 3.05) is 6.54 Å². The third kappa shape index (κ3) is 4.94. The minimum Gasteiger partial charge on any atom is -0.368 e. The van der Waals surface area contributed by atoms with Gasteiger partial charge in [0.15, 0.2) is 0 Å². The van der Waals surface area contributed by atoms with Crippen molar-refractivity contribution in [3.63, 3.8) is 0 Å². The number of rotatable bonds is 7. The van der Waals surface area contributed by atoms with Crippen LogP contribution < -0.4 is 16.4 Å². The lowest BCUT2D eigenvalue weighted by Crippen LogP contribution is -2.49. The average Bonchev–Trinajstić information content (AvgIpc) is 2.72. The zero-order valence-electron chi connectivity index (χ0n) is 15.2. The quantitative estimate of drug-likeness (QED) is 0.587. The van der Waals surface area contributed by atoms with Gasteiger partial charge in [-0.25, -0.2) is 0 Å². The number of hydrogen-bond acceptors (Lipinski definition) is 3. The van der Waals surface area contributed by atoms with Gasteiger partial charge >= 0.3 is 0 Å². The highest BCUT2D eigenvalue weighted by Crippen LogP contribution is 2.16. The Morgan fingerprint density at radius 1 is 0.857 bits per heavy atom. The molecule has 4 N–H and O–H groups in total. The predicted molar refractivity (Wildman–Crippen MR) is 108 cm³/mol. The molecule has 0 heterocycles. The second-order valence-corrected chi connectivity index (χ2v) is 6.46. The molecule has 0 radical (unpaired) electrons. The van der Waals surface area contributed by atoms with Crippen LogP contribution in [0.2, 0.25) is 0 Å². The van der Waals surface area contributed by atoms with Gasteiger partial charge in [0, 0.05) is 12.0 Å². The Balaban J connectivity index is 1.59. The normalized spacial score (nSPS) is 11.6. The van der Waals surface area contributed by atoms with Crippen LogP contribution in [0, 0.1) is 0 Å². The molecule has 0 aliphatic heterocycles. The smallest absolute Gasteiger partial charge is 0.251 e. The third-order valence-corrected chi connectivity index (χ3v) is 4.38. The van der Waals surface area contributed by atoms with Crippen molar-refractivity contribution in [3.8, 4) is 0 Å². The fraction of sp³-hybridized carbons (Fsp3) is 0.136. The minimum atomic E-state index is -0.859. The van der Waals surface area contributed by atoms with E-state index in [1.165, 1.54) is 0 Å². The zero-order chi connectivity index (χ0) is 19.9. The summed E-state index contributed by atoms with van der Waals surface area (Å²) in [7, 11) is 0. The van der Waals surface area contributed by atoms with Crippen molar-refractivity contribution in [3.05, 3.63) is 83.9 Å². The molecular formula is C22H21N3O3. The maximum atomic E-state index is 12.2. The van der Waals surface area contributed by atoms with Crippen LogP contribution in [0.4, 0.5) is 0 Å². The molecular weight excluding hydrogens is 354 g/mol. The van der Waals surface area contributed by atoms with E-state index in [1.54, 1.807) is 30.3 Å². The van der Waals surface area contributed by atoms with Crippen molar-refractivity contribution < 1.29 is 14.4 Å². The molecule has 28 heavy (non-hydrogen) atoms. The summed E-state index contributed by atoms with van der Waals surface area (Å²) in [5.41, 5.74) is 6.79. The van der Waals surface area contributed by atoms with Gasteiger partial charge in [0.2, 0.25) is 11.8 Å². The Morgan fingerprint density at radius 2 is 1.54 bits per heavy atom. The maximum absolute atomic E-state index is 12.2. The molecule has 0 unspecified atom stereocenters. The lowest BCUT2D eigenvalue weighted by atomic mass is 10.0. The van der Waals surface area contributed by atoms with E-state index in [1.807, 2.05) is 42.5 Å². The summed E-state index contributed by atoms with van der Waals surface area (Å²) in [6.07, 6.45) is 0.276.